The van der Waals surface area contributed by atoms with E-state index in [0.29, 0.717) is 15.9 Å². The lowest BCUT2D eigenvalue weighted by molar-refractivity contribution is -0.117. The van der Waals surface area contributed by atoms with Gasteiger partial charge < -0.3 is 14.5 Å². The monoisotopic (exact) mass is 472 g/mol. The van der Waals surface area contributed by atoms with Gasteiger partial charge in [0, 0.05) is 16.0 Å². The van der Waals surface area contributed by atoms with Crippen molar-refractivity contribution >= 4 is 46.2 Å². The molecule has 0 saturated carbocycles. The molecule has 2 aromatic heterocycles. The van der Waals surface area contributed by atoms with Crippen molar-refractivity contribution in [2.75, 3.05) is 5.32 Å². The number of hydrogen-bond donors (Lipinski definition) is 1. The van der Waals surface area contributed by atoms with Crippen LogP contribution in [0.3, 0.4) is 0 Å². The van der Waals surface area contributed by atoms with Crippen LogP contribution in [0.5, 0.6) is 5.75 Å². The summed E-state index contributed by atoms with van der Waals surface area (Å²) >= 11 is 12.4. The molecule has 0 spiro atoms. The Labute approximate surface area is 192 Å². The fourth-order valence-electron chi connectivity index (χ4n) is 2.67. The largest absolute Gasteiger partial charge is 0.484 e. The highest BCUT2D eigenvalue weighted by atomic mass is 35.5. The first kappa shape index (κ1) is 21.2. The van der Waals surface area contributed by atoms with Gasteiger partial charge in [-0.05, 0) is 43.4 Å². The van der Waals surface area contributed by atoms with Gasteiger partial charge in [-0.1, -0.05) is 41.4 Å². The second-order valence-corrected chi connectivity index (χ2v) is 8.26. The van der Waals surface area contributed by atoms with Gasteiger partial charge >= 0.3 is 0 Å². The molecule has 7 nitrogen and oxygen atoms in total. The summed E-state index contributed by atoms with van der Waals surface area (Å²) in [5.74, 6) is 0.671. The molecule has 4 rings (SSSR count). The fourth-order valence-corrected chi connectivity index (χ4v) is 3.73. The minimum Gasteiger partial charge on any atom is -0.484 e. The van der Waals surface area contributed by atoms with Crippen molar-refractivity contribution in [3.63, 3.8) is 0 Å². The number of aryl methyl sites for hydroxylation is 1. The number of nitrogens with one attached hydrogen (secondary N) is 1. The fraction of sp³-hybridized carbons (Fsp3) is 0.143. The topological polar surface area (TPSA) is 82.2 Å². The second kappa shape index (κ2) is 9.42. The number of anilines is 1. The Morgan fingerprint density at radius 1 is 1.23 bits per heavy atom. The third-order valence-electron chi connectivity index (χ3n) is 4.22. The maximum Gasteiger partial charge on any atom is 0.287 e. The molecule has 0 aliphatic heterocycles. The number of halogens is 1. The lowest BCUT2D eigenvalue weighted by Crippen LogP contribution is -2.19. The van der Waals surface area contributed by atoms with Crippen molar-refractivity contribution < 1.29 is 13.9 Å². The zero-order chi connectivity index (χ0) is 21.8. The average molecular weight is 473 g/mol. The Balaban J connectivity index is 1.35. The van der Waals surface area contributed by atoms with Crippen LogP contribution in [0.4, 0.5) is 5.13 Å². The van der Waals surface area contributed by atoms with Gasteiger partial charge in [-0.2, -0.15) is 0 Å². The Kier molecular flexibility index (Phi) is 6.45. The normalized spacial score (nSPS) is 10.8. The first-order chi connectivity index (χ1) is 15.0. The van der Waals surface area contributed by atoms with Crippen molar-refractivity contribution in [1.82, 2.24) is 14.8 Å². The molecule has 0 unspecified atom stereocenters. The maximum atomic E-state index is 12.4. The van der Waals surface area contributed by atoms with Crippen LogP contribution in [-0.4, -0.2) is 20.7 Å². The van der Waals surface area contributed by atoms with Gasteiger partial charge in [-0.3, -0.25) is 4.79 Å². The van der Waals surface area contributed by atoms with Crippen molar-refractivity contribution in [3.8, 4) is 17.0 Å². The molecular weight excluding hydrogens is 456 g/mol. The van der Waals surface area contributed by atoms with Crippen molar-refractivity contribution in [1.29, 1.82) is 0 Å². The van der Waals surface area contributed by atoms with Crippen LogP contribution in [0.15, 0.2) is 58.3 Å². The molecule has 2 heterocycles. The van der Waals surface area contributed by atoms with E-state index in [1.54, 1.807) is 12.1 Å². The highest BCUT2D eigenvalue weighted by molar-refractivity contribution is 7.71. The molecule has 1 amide bonds. The van der Waals surface area contributed by atoms with Crippen LogP contribution in [0.25, 0.3) is 11.3 Å². The van der Waals surface area contributed by atoms with E-state index in [-0.39, 0.29) is 29.8 Å². The van der Waals surface area contributed by atoms with Gasteiger partial charge in [-0.15, -0.1) is 16.4 Å². The van der Waals surface area contributed by atoms with Crippen LogP contribution < -0.4 is 10.1 Å². The highest BCUT2D eigenvalue weighted by Gasteiger charge is 2.13. The summed E-state index contributed by atoms with van der Waals surface area (Å²) in [6, 6.07) is 15.0. The first-order valence-electron chi connectivity index (χ1n) is 9.24. The number of nitrogens with zero attached hydrogens (tertiary/aromatic N) is 3. The number of amides is 1. The van der Waals surface area contributed by atoms with Gasteiger partial charge in [0.05, 0.1) is 5.69 Å². The minimum absolute atomic E-state index is 0.0945. The van der Waals surface area contributed by atoms with E-state index in [1.165, 1.54) is 16.0 Å². The van der Waals surface area contributed by atoms with Crippen LogP contribution in [0, 0.1) is 11.8 Å². The number of aromatic nitrogens is 3. The predicted molar refractivity (Wildman–Crippen MR) is 122 cm³/mol. The summed E-state index contributed by atoms with van der Waals surface area (Å²) < 4.78 is 12.4. The molecule has 4 aromatic rings. The molecule has 0 aliphatic rings. The van der Waals surface area contributed by atoms with E-state index in [2.05, 4.69) is 15.4 Å². The molecule has 158 valence electrons. The number of rotatable bonds is 7. The SMILES string of the molecule is Cc1ccc(OCc2nn(CC(=O)Nc3nc(-c4ccc(Cl)cc4)cs3)c(=S)o2)cc1. The van der Waals surface area contributed by atoms with E-state index in [0.717, 1.165) is 16.8 Å². The van der Waals surface area contributed by atoms with E-state index < -0.39 is 0 Å². The van der Waals surface area contributed by atoms with Gasteiger partial charge in [0.15, 0.2) is 11.7 Å². The lowest BCUT2D eigenvalue weighted by atomic mass is 10.2. The van der Waals surface area contributed by atoms with Crippen LogP contribution >= 0.6 is 35.2 Å². The predicted octanol–water partition coefficient (Wildman–Crippen LogP) is 5.51. The summed E-state index contributed by atoms with van der Waals surface area (Å²) in [6.07, 6.45) is 0. The van der Waals surface area contributed by atoms with E-state index in [9.17, 15) is 4.79 Å². The third kappa shape index (κ3) is 5.57. The van der Waals surface area contributed by atoms with Crippen molar-refractivity contribution in [3.05, 3.63) is 75.2 Å². The molecule has 0 fully saturated rings. The minimum atomic E-state index is -0.313. The maximum absolute atomic E-state index is 12.4. The quantitative estimate of drug-likeness (QED) is 0.357. The number of thiazole rings is 1. The second-order valence-electron chi connectivity index (χ2n) is 6.61. The number of carbonyl (C=O) groups excluding carboxylic acids is 1. The van der Waals surface area contributed by atoms with Crippen LogP contribution in [0.1, 0.15) is 11.5 Å². The zero-order valence-electron chi connectivity index (χ0n) is 16.4. The van der Waals surface area contributed by atoms with Crippen LogP contribution in [0.2, 0.25) is 5.02 Å². The van der Waals surface area contributed by atoms with Crippen molar-refractivity contribution in [2.24, 2.45) is 0 Å². The van der Waals surface area contributed by atoms with E-state index >= 15 is 0 Å². The summed E-state index contributed by atoms with van der Waals surface area (Å²) in [4.78, 5) is 16.9. The Morgan fingerprint density at radius 3 is 2.71 bits per heavy atom. The molecule has 0 saturated heterocycles. The standard InChI is InChI=1S/C21H17ClN4O3S2/c1-13-2-8-16(9-3-13)28-11-19-25-26(21(30)29-19)10-18(27)24-20-23-17(12-31-20)14-4-6-15(22)7-5-14/h2-9,12H,10-11H2,1H3,(H,23,24,27). The number of hydrogen-bond acceptors (Lipinski definition) is 7. The molecule has 0 atom stereocenters. The molecule has 0 radical (unpaired) electrons. The van der Waals surface area contributed by atoms with Crippen LogP contribution in [-0.2, 0) is 17.9 Å². The van der Waals surface area contributed by atoms with E-state index in [1.807, 2.05) is 48.7 Å². The molecule has 31 heavy (non-hydrogen) atoms. The van der Waals surface area contributed by atoms with Gasteiger partial charge in [0.2, 0.25) is 5.91 Å². The third-order valence-corrected chi connectivity index (χ3v) is 5.52. The summed E-state index contributed by atoms with van der Waals surface area (Å²) in [6.45, 7) is 2.01. The Morgan fingerprint density at radius 2 is 1.97 bits per heavy atom. The number of ether oxygens (including phenoxy) is 1. The first-order valence-corrected chi connectivity index (χ1v) is 10.9. The van der Waals surface area contributed by atoms with Gasteiger partial charge in [-0.25, -0.2) is 9.67 Å². The molecule has 2 aromatic carbocycles. The van der Waals surface area contributed by atoms with Gasteiger partial charge in [0.1, 0.15) is 12.3 Å². The molecule has 10 heteroatoms. The summed E-state index contributed by atoms with van der Waals surface area (Å²) in [5.41, 5.74) is 2.81. The lowest BCUT2D eigenvalue weighted by Gasteiger charge is -2.03. The number of benzene rings is 2. The summed E-state index contributed by atoms with van der Waals surface area (Å²) in [5, 5.41) is 9.96. The van der Waals surface area contributed by atoms with E-state index in [4.69, 9.17) is 33.0 Å². The number of carbonyl (C=O) groups is 1. The molecule has 1 N–H and O–H groups in total. The van der Waals surface area contributed by atoms with Crippen molar-refractivity contribution in [2.45, 2.75) is 20.1 Å². The summed E-state index contributed by atoms with van der Waals surface area (Å²) in [7, 11) is 0. The Bertz CT molecular complexity index is 1250. The van der Waals surface area contributed by atoms with Gasteiger partial charge in [0.25, 0.3) is 10.7 Å². The highest BCUT2D eigenvalue weighted by Crippen LogP contribution is 2.26. The average Bonchev–Trinajstić information content (AvgIpc) is 3.35. The molecule has 0 bridgehead atoms. The molecular formula is C21H17ClN4O3S2. The Hall–Kier alpha value is -3.01. The smallest absolute Gasteiger partial charge is 0.287 e. The zero-order valence-corrected chi connectivity index (χ0v) is 18.8. The molecule has 0 aliphatic carbocycles.